The summed E-state index contributed by atoms with van der Waals surface area (Å²) in [4.78, 5) is 16.5. The third kappa shape index (κ3) is 3.80. The topological polar surface area (TPSA) is 92.6 Å². The van der Waals surface area contributed by atoms with Gasteiger partial charge >= 0.3 is 0 Å². The summed E-state index contributed by atoms with van der Waals surface area (Å²) in [6.07, 6.45) is 0. The zero-order valence-electron chi connectivity index (χ0n) is 17.1. The van der Waals surface area contributed by atoms with Crippen molar-refractivity contribution in [1.29, 1.82) is 0 Å². The van der Waals surface area contributed by atoms with Gasteiger partial charge in [0, 0.05) is 31.6 Å². The maximum Gasteiger partial charge on any atom is 0.239 e. The molecule has 152 valence electrons. The van der Waals surface area contributed by atoms with Gasteiger partial charge in [-0.15, -0.1) is 15.3 Å². The number of piperazine rings is 1. The third-order valence-corrected chi connectivity index (χ3v) is 5.31. The van der Waals surface area contributed by atoms with Gasteiger partial charge in [0.05, 0.1) is 0 Å². The smallest absolute Gasteiger partial charge is 0.239 e. The molecule has 1 fully saturated rings. The highest BCUT2D eigenvalue weighted by Gasteiger charge is 2.29. The van der Waals surface area contributed by atoms with Crippen LogP contribution < -0.4 is 10.6 Å². The summed E-state index contributed by atoms with van der Waals surface area (Å²) in [5.41, 5.74) is 7.27. The fourth-order valence-electron chi connectivity index (χ4n) is 3.82. The summed E-state index contributed by atoms with van der Waals surface area (Å²) >= 11 is 0. The minimum Gasteiger partial charge on any atom is -0.368 e. The average molecular weight is 393 g/mol. The number of amides is 1. The molecule has 1 saturated heterocycles. The number of primary amides is 1. The molecule has 1 atom stereocenters. The first kappa shape index (κ1) is 19.3. The molecular formula is C21H27N7O. The summed E-state index contributed by atoms with van der Waals surface area (Å²) in [6.45, 7) is 9.30. The molecule has 1 aromatic carbocycles. The standard InChI is InChI=1S/C21H27N7O/c1-21(2,3)20-24-23-16-9-10-17(25-28(16)20)26-11-13-27(14-12-26)18(19(22)29)15-7-5-4-6-8-15/h4-10,18H,11-14H2,1-3H3,(H2,22,29). The Morgan fingerprint density at radius 2 is 1.69 bits per heavy atom. The van der Waals surface area contributed by atoms with Crippen LogP contribution in [0.3, 0.4) is 0 Å². The van der Waals surface area contributed by atoms with Crippen LogP contribution in [0.4, 0.5) is 5.82 Å². The minimum absolute atomic E-state index is 0.145. The molecule has 0 aliphatic carbocycles. The van der Waals surface area contributed by atoms with Gasteiger partial charge in [0.1, 0.15) is 11.9 Å². The Labute approximate surface area is 170 Å². The van der Waals surface area contributed by atoms with Crippen LogP contribution in [0.5, 0.6) is 0 Å². The Kier molecular flexibility index (Phi) is 4.96. The SMILES string of the molecule is CC(C)(C)c1nnc2ccc(N3CCN(C(C(N)=O)c4ccccc4)CC3)nn12. The molecule has 1 aliphatic heterocycles. The highest BCUT2D eigenvalue weighted by Crippen LogP contribution is 2.25. The number of hydrogen-bond donors (Lipinski definition) is 1. The van der Waals surface area contributed by atoms with Crippen LogP contribution in [0.15, 0.2) is 42.5 Å². The molecular weight excluding hydrogens is 366 g/mol. The Hall–Kier alpha value is -3.00. The second-order valence-electron chi connectivity index (χ2n) is 8.47. The van der Waals surface area contributed by atoms with Crippen LogP contribution in [-0.2, 0) is 10.2 Å². The van der Waals surface area contributed by atoms with Crippen LogP contribution in [0, 0.1) is 0 Å². The fourth-order valence-corrected chi connectivity index (χ4v) is 3.82. The van der Waals surface area contributed by atoms with Gasteiger partial charge in [-0.25, -0.2) is 0 Å². The van der Waals surface area contributed by atoms with E-state index in [1.54, 1.807) is 0 Å². The first-order valence-electron chi connectivity index (χ1n) is 9.91. The molecule has 0 spiro atoms. The van der Waals surface area contributed by atoms with Crippen molar-refractivity contribution in [3.63, 3.8) is 0 Å². The number of anilines is 1. The van der Waals surface area contributed by atoms with Crippen molar-refractivity contribution in [3.05, 3.63) is 53.9 Å². The van der Waals surface area contributed by atoms with E-state index in [0.717, 1.165) is 49.0 Å². The van der Waals surface area contributed by atoms with Crippen LogP contribution >= 0.6 is 0 Å². The van der Waals surface area contributed by atoms with E-state index in [1.807, 2.05) is 47.0 Å². The molecule has 3 heterocycles. The van der Waals surface area contributed by atoms with E-state index in [1.165, 1.54) is 0 Å². The van der Waals surface area contributed by atoms with Gasteiger partial charge in [-0.3, -0.25) is 9.69 Å². The Morgan fingerprint density at radius 1 is 1.00 bits per heavy atom. The molecule has 0 bridgehead atoms. The van der Waals surface area contributed by atoms with Gasteiger partial charge in [-0.2, -0.15) is 4.52 Å². The first-order valence-corrected chi connectivity index (χ1v) is 9.91. The van der Waals surface area contributed by atoms with Crippen molar-refractivity contribution in [2.45, 2.75) is 32.2 Å². The van der Waals surface area contributed by atoms with Gasteiger partial charge in [0.2, 0.25) is 5.91 Å². The van der Waals surface area contributed by atoms with Crippen LogP contribution in [0.25, 0.3) is 5.65 Å². The highest BCUT2D eigenvalue weighted by atomic mass is 16.1. The lowest BCUT2D eigenvalue weighted by molar-refractivity contribution is -0.123. The maximum absolute atomic E-state index is 12.1. The van der Waals surface area contributed by atoms with Crippen molar-refractivity contribution < 1.29 is 4.79 Å². The molecule has 3 aromatic rings. The molecule has 0 radical (unpaired) electrons. The van der Waals surface area contributed by atoms with Gasteiger partial charge in [0.25, 0.3) is 0 Å². The molecule has 1 amide bonds. The summed E-state index contributed by atoms with van der Waals surface area (Å²) in [7, 11) is 0. The molecule has 1 unspecified atom stereocenters. The fraction of sp³-hybridized carbons (Fsp3) is 0.429. The van der Waals surface area contributed by atoms with Gasteiger partial charge < -0.3 is 10.6 Å². The van der Waals surface area contributed by atoms with E-state index in [2.05, 4.69) is 40.8 Å². The summed E-state index contributed by atoms with van der Waals surface area (Å²) in [6, 6.07) is 13.3. The lowest BCUT2D eigenvalue weighted by atomic mass is 9.96. The Bertz CT molecular complexity index is 1000. The highest BCUT2D eigenvalue weighted by molar-refractivity contribution is 5.81. The monoisotopic (exact) mass is 393 g/mol. The number of rotatable bonds is 4. The largest absolute Gasteiger partial charge is 0.368 e. The molecule has 2 N–H and O–H groups in total. The molecule has 2 aromatic heterocycles. The molecule has 29 heavy (non-hydrogen) atoms. The van der Waals surface area contributed by atoms with Crippen molar-refractivity contribution in [2.75, 3.05) is 31.1 Å². The maximum atomic E-state index is 12.1. The van der Waals surface area contributed by atoms with Crippen molar-refractivity contribution in [1.82, 2.24) is 24.7 Å². The van der Waals surface area contributed by atoms with Gasteiger partial charge in [0.15, 0.2) is 11.5 Å². The number of benzene rings is 1. The number of hydrogen-bond acceptors (Lipinski definition) is 6. The second-order valence-corrected chi connectivity index (χ2v) is 8.47. The van der Waals surface area contributed by atoms with Gasteiger partial charge in [-0.1, -0.05) is 51.1 Å². The van der Waals surface area contributed by atoms with Crippen LogP contribution in [0.1, 0.15) is 38.2 Å². The quantitative estimate of drug-likeness (QED) is 0.726. The van der Waals surface area contributed by atoms with Crippen LogP contribution in [-0.4, -0.2) is 56.8 Å². The third-order valence-electron chi connectivity index (χ3n) is 5.31. The van der Waals surface area contributed by atoms with Crippen LogP contribution in [0.2, 0.25) is 0 Å². The number of fused-ring (bicyclic) bond motifs is 1. The average Bonchev–Trinajstić information content (AvgIpc) is 3.13. The molecule has 1 aliphatic rings. The number of nitrogens with two attached hydrogens (primary N) is 1. The summed E-state index contributed by atoms with van der Waals surface area (Å²) in [5.74, 6) is 1.41. The predicted molar refractivity (Wildman–Crippen MR) is 112 cm³/mol. The van der Waals surface area contributed by atoms with E-state index < -0.39 is 6.04 Å². The van der Waals surface area contributed by atoms with Crippen molar-refractivity contribution in [3.8, 4) is 0 Å². The van der Waals surface area contributed by atoms with Gasteiger partial charge in [-0.05, 0) is 17.7 Å². The van der Waals surface area contributed by atoms with E-state index in [-0.39, 0.29) is 11.3 Å². The minimum atomic E-state index is -0.404. The number of aromatic nitrogens is 4. The zero-order chi connectivity index (χ0) is 20.6. The Morgan fingerprint density at radius 3 is 2.31 bits per heavy atom. The summed E-state index contributed by atoms with van der Waals surface area (Å²) < 4.78 is 1.83. The first-order chi connectivity index (χ1) is 13.8. The van der Waals surface area contributed by atoms with Crippen molar-refractivity contribution in [2.24, 2.45) is 5.73 Å². The van der Waals surface area contributed by atoms with E-state index in [4.69, 9.17) is 10.8 Å². The zero-order valence-corrected chi connectivity index (χ0v) is 17.1. The Balaban J connectivity index is 1.53. The van der Waals surface area contributed by atoms with Crippen molar-refractivity contribution >= 4 is 17.4 Å². The lowest BCUT2D eigenvalue weighted by Crippen LogP contribution is -2.50. The molecule has 4 rings (SSSR count). The molecule has 8 nitrogen and oxygen atoms in total. The van der Waals surface area contributed by atoms with E-state index in [9.17, 15) is 4.79 Å². The normalized spacial score (nSPS) is 16.9. The number of carbonyl (C=O) groups is 1. The second kappa shape index (κ2) is 7.44. The summed E-state index contributed by atoms with van der Waals surface area (Å²) in [5, 5.41) is 13.3. The molecule has 0 saturated carbocycles. The van der Waals surface area contributed by atoms with E-state index in [0.29, 0.717) is 0 Å². The predicted octanol–water partition coefficient (Wildman–Crippen LogP) is 1.77. The number of nitrogens with zero attached hydrogens (tertiary/aromatic N) is 6. The van der Waals surface area contributed by atoms with E-state index >= 15 is 0 Å². The number of carbonyl (C=O) groups excluding carboxylic acids is 1. The lowest BCUT2D eigenvalue weighted by Gasteiger charge is -2.38. The molecule has 8 heteroatoms.